The number of hydrogen-bond acceptors (Lipinski definition) is 6. The van der Waals surface area contributed by atoms with E-state index in [4.69, 9.17) is 11.6 Å². The van der Waals surface area contributed by atoms with Crippen molar-refractivity contribution < 1.29 is 0 Å². The van der Waals surface area contributed by atoms with E-state index in [1.54, 1.807) is 24.0 Å². The van der Waals surface area contributed by atoms with Crippen LogP contribution in [0.5, 0.6) is 0 Å². The van der Waals surface area contributed by atoms with Crippen LogP contribution in [0.4, 0.5) is 0 Å². The summed E-state index contributed by atoms with van der Waals surface area (Å²) in [6.07, 6.45) is 1.58. The fourth-order valence-corrected chi connectivity index (χ4v) is 1.67. The molecule has 0 spiro atoms. The van der Waals surface area contributed by atoms with Gasteiger partial charge in [-0.25, -0.2) is 14.6 Å². The smallest absolute Gasteiger partial charge is 0.223 e. The molecule has 0 aliphatic carbocycles. The molecule has 2 aromatic heterocycles. The number of aryl methyl sites for hydroxylation is 1. The summed E-state index contributed by atoms with van der Waals surface area (Å²) in [5, 5.41) is 12.6. The summed E-state index contributed by atoms with van der Waals surface area (Å²) in [6, 6.07) is 1.74. The van der Waals surface area contributed by atoms with Crippen LogP contribution in [0.2, 0.25) is 5.28 Å². The molecule has 14 heavy (non-hydrogen) atoms. The minimum atomic E-state index is 0.213. The van der Waals surface area contributed by atoms with Crippen molar-refractivity contribution in [1.82, 2.24) is 30.2 Å². The number of aromatic nitrogens is 6. The molecule has 0 aromatic carbocycles. The Morgan fingerprint density at radius 1 is 1.50 bits per heavy atom. The van der Waals surface area contributed by atoms with E-state index in [-0.39, 0.29) is 5.28 Å². The van der Waals surface area contributed by atoms with Gasteiger partial charge in [0, 0.05) is 13.2 Å². The van der Waals surface area contributed by atoms with Gasteiger partial charge in [-0.3, -0.25) is 0 Å². The Morgan fingerprint density at radius 2 is 2.36 bits per heavy atom. The first-order chi connectivity index (χ1) is 6.75. The van der Waals surface area contributed by atoms with Gasteiger partial charge in [0.05, 0.1) is 0 Å². The Bertz CT molecular complexity index is 443. The highest BCUT2D eigenvalue weighted by molar-refractivity contribution is 7.99. The molecule has 8 heteroatoms. The van der Waals surface area contributed by atoms with Crippen molar-refractivity contribution in [3.05, 3.63) is 17.5 Å². The highest BCUT2D eigenvalue weighted by Gasteiger charge is 2.05. The van der Waals surface area contributed by atoms with Crippen molar-refractivity contribution in [3.8, 4) is 0 Å². The standard InChI is InChI=1S/C6H5ClN6S/c1-13-6(10-11-12-13)14-4-2-3-8-5(7)9-4/h2-3H,1H3. The molecule has 0 N–H and O–H groups in total. The van der Waals surface area contributed by atoms with Gasteiger partial charge >= 0.3 is 0 Å². The quantitative estimate of drug-likeness (QED) is 0.560. The van der Waals surface area contributed by atoms with Crippen LogP contribution in [0.25, 0.3) is 0 Å². The molecule has 72 valence electrons. The Morgan fingerprint density at radius 3 is 3.00 bits per heavy atom. The third-order valence-corrected chi connectivity index (χ3v) is 2.52. The van der Waals surface area contributed by atoms with Gasteiger partial charge in [-0.2, -0.15) is 0 Å². The number of halogens is 1. The molecular weight excluding hydrogens is 224 g/mol. The van der Waals surface area contributed by atoms with E-state index in [0.717, 1.165) is 0 Å². The van der Waals surface area contributed by atoms with Gasteiger partial charge in [-0.1, -0.05) is 0 Å². The molecule has 0 saturated carbocycles. The van der Waals surface area contributed by atoms with Crippen molar-refractivity contribution >= 4 is 23.4 Å². The predicted octanol–water partition coefficient (Wildman–Crippen LogP) is 0.805. The second-order valence-corrected chi connectivity index (χ2v) is 3.68. The average Bonchev–Trinajstić information content (AvgIpc) is 2.52. The van der Waals surface area contributed by atoms with Crippen LogP contribution in [0, 0.1) is 0 Å². The summed E-state index contributed by atoms with van der Waals surface area (Å²) >= 11 is 6.96. The average molecular weight is 229 g/mol. The zero-order valence-corrected chi connectivity index (χ0v) is 8.70. The Hall–Kier alpha value is -1.21. The monoisotopic (exact) mass is 228 g/mol. The third kappa shape index (κ3) is 1.99. The summed E-state index contributed by atoms with van der Waals surface area (Å²) < 4.78 is 1.56. The highest BCUT2D eigenvalue weighted by atomic mass is 35.5. The lowest BCUT2D eigenvalue weighted by Gasteiger charge is -1.97. The fourth-order valence-electron chi connectivity index (χ4n) is 0.778. The molecule has 2 heterocycles. The molecule has 0 fully saturated rings. The van der Waals surface area contributed by atoms with Gasteiger partial charge in [-0.05, 0) is 39.9 Å². The minimum Gasteiger partial charge on any atom is -0.226 e. The van der Waals surface area contributed by atoms with E-state index in [1.807, 2.05) is 0 Å². The van der Waals surface area contributed by atoms with Crippen molar-refractivity contribution in [1.29, 1.82) is 0 Å². The van der Waals surface area contributed by atoms with E-state index in [9.17, 15) is 0 Å². The van der Waals surface area contributed by atoms with E-state index >= 15 is 0 Å². The van der Waals surface area contributed by atoms with Crippen LogP contribution in [0.15, 0.2) is 22.4 Å². The molecule has 0 bridgehead atoms. The minimum absolute atomic E-state index is 0.213. The maximum atomic E-state index is 5.63. The van der Waals surface area contributed by atoms with Gasteiger partial charge in [0.1, 0.15) is 5.03 Å². The molecule has 2 rings (SSSR count). The van der Waals surface area contributed by atoms with E-state index in [1.165, 1.54) is 11.8 Å². The Labute approximate surface area is 88.7 Å². The number of tetrazole rings is 1. The van der Waals surface area contributed by atoms with E-state index in [0.29, 0.717) is 10.2 Å². The molecule has 0 unspecified atom stereocenters. The molecule has 0 aliphatic rings. The Kier molecular flexibility index (Phi) is 2.60. The Balaban J connectivity index is 2.23. The van der Waals surface area contributed by atoms with Crippen LogP contribution >= 0.6 is 23.4 Å². The largest absolute Gasteiger partial charge is 0.226 e. The van der Waals surface area contributed by atoms with Crippen LogP contribution in [0.1, 0.15) is 0 Å². The molecule has 2 aromatic rings. The van der Waals surface area contributed by atoms with Gasteiger partial charge in [0.15, 0.2) is 0 Å². The maximum Gasteiger partial charge on any atom is 0.223 e. The van der Waals surface area contributed by atoms with Crippen molar-refractivity contribution in [2.24, 2.45) is 7.05 Å². The molecule has 0 atom stereocenters. The maximum absolute atomic E-state index is 5.63. The van der Waals surface area contributed by atoms with Gasteiger partial charge in [-0.15, -0.1) is 5.10 Å². The summed E-state index contributed by atoms with van der Waals surface area (Å²) in [6.45, 7) is 0. The second kappa shape index (κ2) is 3.89. The summed E-state index contributed by atoms with van der Waals surface area (Å²) in [5.74, 6) is 0. The van der Waals surface area contributed by atoms with Gasteiger partial charge in [0.2, 0.25) is 10.4 Å². The van der Waals surface area contributed by atoms with Crippen LogP contribution < -0.4 is 0 Å². The van der Waals surface area contributed by atoms with Crippen molar-refractivity contribution in [2.45, 2.75) is 10.2 Å². The highest BCUT2D eigenvalue weighted by Crippen LogP contribution is 2.22. The molecule has 0 aliphatic heterocycles. The summed E-state index contributed by atoms with van der Waals surface area (Å²) in [5.41, 5.74) is 0. The van der Waals surface area contributed by atoms with E-state index in [2.05, 4.69) is 25.5 Å². The van der Waals surface area contributed by atoms with Crippen LogP contribution in [-0.2, 0) is 7.05 Å². The lowest BCUT2D eigenvalue weighted by Crippen LogP contribution is -1.93. The van der Waals surface area contributed by atoms with Crippen LogP contribution in [0.3, 0.4) is 0 Å². The number of nitrogens with zero attached hydrogens (tertiary/aromatic N) is 6. The fraction of sp³-hybridized carbons (Fsp3) is 0.167. The molecule has 0 amide bonds. The zero-order valence-electron chi connectivity index (χ0n) is 7.12. The van der Waals surface area contributed by atoms with Gasteiger partial charge < -0.3 is 0 Å². The molecule has 0 radical (unpaired) electrons. The second-order valence-electron chi connectivity index (χ2n) is 2.35. The van der Waals surface area contributed by atoms with Crippen molar-refractivity contribution in [3.63, 3.8) is 0 Å². The predicted molar refractivity (Wildman–Crippen MR) is 50.0 cm³/mol. The van der Waals surface area contributed by atoms with Crippen LogP contribution in [-0.4, -0.2) is 30.2 Å². The third-order valence-electron chi connectivity index (χ3n) is 1.38. The van der Waals surface area contributed by atoms with E-state index < -0.39 is 0 Å². The normalized spacial score (nSPS) is 10.4. The zero-order chi connectivity index (χ0) is 9.97. The number of rotatable bonds is 2. The first kappa shape index (κ1) is 9.35. The number of hydrogen-bond donors (Lipinski definition) is 0. The lowest BCUT2D eigenvalue weighted by atomic mass is 10.7. The lowest BCUT2D eigenvalue weighted by molar-refractivity contribution is 0.664. The topological polar surface area (TPSA) is 69.4 Å². The summed E-state index contributed by atoms with van der Waals surface area (Å²) in [7, 11) is 1.76. The first-order valence-corrected chi connectivity index (χ1v) is 4.84. The molecule has 0 saturated heterocycles. The SMILES string of the molecule is Cn1nnnc1Sc1ccnc(Cl)n1. The molecular formula is C6H5ClN6S. The molecule has 6 nitrogen and oxygen atoms in total. The summed E-state index contributed by atoms with van der Waals surface area (Å²) in [4.78, 5) is 7.77. The van der Waals surface area contributed by atoms with Crippen molar-refractivity contribution in [2.75, 3.05) is 0 Å². The first-order valence-electron chi connectivity index (χ1n) is 3.64. The van der Waals surface area contributed by atoms with Gasteiger partial charge in [0.25, 0.3) is 0 Å².